The maximum atomic E-state index is 12.1. The van der Waals surface area contributed by atoms with Crippen LogP contribution < -0.4 is 14.8 Å². The van der Waals surface area contributed by atoms with Crippen molar-refractivity contribution in [1.29, 1.82) is 0 Å². The summed E-state index contributed by atoms with van der Waals surface area (Å²) >= 11 is 0. The third-order valence-corrected chi connectivity index (χ3v) is 3.42. The Balaban J connectivity index is 2.76. The normalized spacial score (nSPS) is 11.5. The predicted octanol–water partition coefficient (Wildman–Crippen LogP) is 2.66. The lowest BCUT2D eigenvalue weighted by molar-refractivity contribution is -0.137. The molecule has 1 aromatic rings. The van der Waals surface area contributed by atoms with Gasteiger partial charge in [0.1, 0.15) is 0 Å². The van der Waals surface area contributed by atoms with Crippen LogP contribution in [0, 0.1) is 0 Å². The molecule has 0 aliphatic heterocycles. The van der Waals surface area contributed by atoms with Crippen LogP contribution in [-0.2, 0) is 4.79 Å². The van der Waals surface area contributed by atoms with Crippen molar-refractivity contribution in [3.8, 4) is 11.5 Å². The van der Waals surface area contributed by atoms with Crippen molar-refractivity contribution in [2.75, 3.05) is 26.8 Å². The van der Waals surface area contributed by atoms with Gasteiger partial charge in [0.15, 0.2) is 11.5 Å². The van der Waals surface area contributed by atoms with E-state index in [9.17, 15) is 9.59 Å². The van der Waals surface area contributed by atoms with Crippen LogP contribution in [0.1, 0.15) is 38.8 Å². The van der Waals surface area contributed by atoms with Crippen LogP contribution >= 0.6 is 0 Å². The minimum atomic E-state index is -0.935. The number of aliphatic carboxylic acids is 1. The third-order valence-electron chi connectivity index (χ3n) is 3.42. The van der Waals surface area contributed by atoms with Crippen LogP contribution in [0.2, 0.25) is 0 Å². The van der Waals surface area contributed by atoms with Gasteiger partial charge in [-0.3, -0.25) is 4.79 Å². The summed E-state index contributed by atoms with van der Waals surface area (Å²) in [6, 6.07) is 4.96. The van der Waals surface area contributed by atoms with Crippen molar-refractivity contribution in [1.82, 2.24) is 10.2 Å². The molecule has 0 spiro atoms. The van der Waals surface area contributed by atoms with E-state index in [1.54, 1.807) is 7.05 Å². The van der Waals surface area contributed by atoms with Crippen LogP contribution in [0.5, 0.6) is 11.5 Å². The summed E-state index contributed by atoms with van der Waals surface area (Å²) in [6.45, 7) is 6.86. The first-order valence-corrected chi connectivity index (χ1v) is 8.02. The molecule has 0 aliphatic carbocycles. The molecule has 0 bridgehead atoms. The maximum absolute atomic E-state index is 12.1. The van der Waals surface area contributed by atoms with E-state index in [0.717, 1.165) is 5.56 Å². The van der Waals surface area contributed by atoms with Gasteiger partial charge in [0.2, 0.25) is 0 Å². The number of ether oxygens (including phenoxy) is 2. The monoisotopic (exact) mass is 338 g/mol. The third kappa shape index (κ3) is 5.98. The number of amides is 2. The zero-order valence-electron chi connectivity index (χ0n) is 14.7. The van der Waals surface area contributed by atoms with E-state index >= 15 is 0 Å². The lowest BCUT2D eigenvalue weighted by Crippen LogP contribution is -2.39. The molecule has 24 heavy (non-hydrogen) atoms. The number of carboxylic acids is 1. The first-order valence-electron chi connectivity index (χ1n) is 8.02. The zero-order chi connectivity index (χ0) is 18.1. The number of hydrogen-bond acceptors (Lipinski definition) is 4. The van der Waals surface area contributed by atoms with Crippen LogP contribution in [0.3, 0.4) is 0 Å². The number of benzene rings is 1. The summed E-state index contributed by atoms with van der Waals surface area (Å²) in [7, 11) is 1.56. The van der Waals surface area contributed by atoms with Gasteiger partial charge in [-0.05, 0) is 38.5 Å². The molecule has 0 aliphatic rings. The van der Waals surface area contributed by atoms with Crippen molar-refractivity contribution < 1.29 is 24.2 Å². The fourth-order valence-corrected chi connectivity index (χ4v) is 2.08. The zero-order valence-corrected chi connectivity index (χ0v) is 14.7. The van der Waals surface area contributed by atoms with Crippen LogP contribution in [0.25, 0.3) is 0 Å². The number of rotatable bonds is 9. The van der Waals surface area contributed by atoms with Gasteiger partial charge in [-0.15, -0.1) is 0 Å². The van der Waals surface area contributed by atoms with Gasteiger partial charge >= 0.3 is 12.0 Å². The molecule has 2 N–H and O–H groups in total. The Kier molecular flexibility index (Phi) is 7.88. The van der Waals surface area contributed by atoms with Crippen molar-refractivity contribution in [2.45, 2.75) is 33.2 Å². The second-order valence-corrected chi connectivity index (χ2v) is 5.31. The fraction of sp³-hybridized carbons (Fsp3) is 0.529. The van der Waals surface area contributed by atoms with Gasteiger partial charge in [0.05, 0.1) is 25.7 Å². The number of carbonyl (C=O) groups is 2. The number of nitrogens with one attached hydrogen (secondary N) is 1. The fourth-order valence-electron chi connectivity index (χ4n) is 2.08. The highest BCUT2D eigenvalue weighted by molar-refractivity contribution is 5.75. The Hall–Kier alpha value is -2.44. The SMILES string of the molecule is CCOc1ccc(C(C)NC(=O)N(C)CCC(=O)O)cc1OCC. The highest BCUT2D eigenvalue weighted by atomic mass is 16.5. The van der Waals surface area contributed by atoms with Gasteiger partial charge in [-0.1, -0.05) is 6.07 Å². The van der Waals surface area contributed by atoms with Crippen molar-refractivity contribution >= 4 is 12.0 Å². The molecule has 0 aromatic heterocycles. The molecule has 0 saturated heterocycles. The lowest BCUT2D eigenvalue weighted by atomic mass is 10.1. The van der Waals surface area contributed by atoms with Crippen molar-refractivity contribution in [2.24, 2.45) is 0 Å². The second kappa shape index (κ2) is 9.64. The minimum absolute atomic E-state index is 0.0875. The number of carboxylic acid groups (broad SMARTS) is 1. The Morgan fingerprint density at radius 2 is 1.83 bits per heavy atom. The van der Waals surface area contributed by atoms with Crippen molar-refractivity contribution in [3.05, 3.63) is 23.8 Å². The molecule has 1 aromatic carbocycles. The molecular weight excluding hydrogens is 312 g/mol. The molecule has 0 saturated carbocycles. The van der Waals surface area contributed by atoms with Gasteiger partial charge in [-0.2, -0.15) is 0 Å². The summed E-state index contributed by atoms with van der Waals surface area (Å²) in [5, 5.41) is 11.5. The standard InChI is InChI=1S/C17H26N2O5/c1-5-23-14-8-7-13(11-15(14)24-6-2)12(3)18-17(22)19(4)10-9-16(20)21/h7-8,11-12H,5-6,9-10H2,1-4H3,(H,18,22)(H,20,21). The molecule has 0 fully saturated rings. The van der Waals surface area contributed by atoms with E-state index in [1.807, 2.05) is 39.0 Å². The Morgan fingerprint density at radius 3 is 2.42 bits per heavy atom. The summed E-state index contributed by atoms with van der Waals surface area (Å²) in [4.78, 5) is 24.0. The summed E-state index contributed by atoms with van der Waals surface area (Å²) in [5.41, 5.74) is 0.877. The largest absolute Gasteiger partial charge is 0.490 e. The molecule has 0 heterocycles. The quantitative estimate of drug-likeness (QED) is 0.723. The summed E-state index contributed by atoms with van der Waals surface area (Å²) in [6.07, 6.45) is -0.0875. The topological polar surface area (TPSA) is 88.1 Å². The van der Waals surface area contributed by atoms with Gasteiger partial charge in [0.25, 0.3) is 0 Å². The van der Waals surface area contributed by atoms with Gasteiger partial charge in [0, 0.05) is 13.6 Å². The average molecular weight is 338 g/mol. The Labute approximate surface area is 142 Å². The first kappa shape index (κ1) is 19.6. The molecule has 1 atom stereocenters. The molecule has 1 unspecified atom stereocenters. The molecule has 0 radical (unpaired) electrons. The smallest absolute Gasteiger partial charge is 0.317 e. The number of urea groups is 1. The second-order valence-electron chi connectivity index (χ2n) is 5.31. The molecule has 134 valence electrons. The van der Waals surface area contributed by atoms with Crippen LogP contribution in [0.4, 0.5) is 4.79 Å². The molecular formula is C17H26N2O5. The molecule has 2 amide bonds. The molecule has 7 heteroatoms. The Bertz CT molecular complexity index is 562. The average Bonchev–Trinajstić information content (AvgIpc) is 2.54. The van der Waals surface area contributed by atoms with E-state index in [1.165, 1.54) is 4.90 Å². The van der Waals surface area contributed by atoms with E-state index < -0.39 is 5.97 Å². The highest BCUT2D eigenvalue weighted by Crippen LogP contribution is 2.30. The van der Waals surface area contributed by atoms with E-state index in [2.05, 4.69) is 5.32 Å². The summed E-state index contributed by atoms with van der Waals surface area (Å²) in [5.74, 6) is 0.368. The number of carbonyl (C=O) groups excluding carboxylic acids is 1. The summed E-state index contributed by atoms with van der Waals surface area (Å²) < 4.78 is 11.1. The van der Waals surface area contributed by atoms with E-state index in [-0.39, 0.29) is 25.0 Å². The minimum Gasteiger partial charge on any atom is -0.490 e. The Morgan fingerprint density at radius 1 is 1.21 bits per heavy atom. The predicted molar refractivity (Wildman–Crippen MR) is 90.6 cm³/mol. The van der Waals surface area contributed by atoms with Gasteiger partial charge < -0.3 is 24.8 Å². The number of hydrogen-bond donors (Lipinski definition) is 2. The number of nitrogens with zero attached hydrogens (tertiary/aromatic N) is 1. The van der Waals surface area contributed by atoms with E-state index in [4.69, 9.17) is 14.6 Å². The highest BCUT2D eigenvalue weighted by Gasteiger charge is 2.16. The lowest BCUT2D eigenvalue weighted by Gasteiger charge is -2.22. The first-order chi connectivity index (χ1) is 11.4. The van der Waals surface area contributed by atoms with Crippen LogP contribution in [0.15, 0.2) is 18.2 Å². The van der Waals surface area contributed by atoms with E-state index in [0.29, 0.717) is 24.7 Å². The van der Waals surface area contributed by atoms with Gasteiger partial charge in [-0.25, -0.2) is 4.79 Å². The molecule has 1 rings (SSSR count). The van der Waals surface area contributed by atoms with Crippen LogP contribution in [-0.4, -0.2) is 48.8 Å². The van der Waals surface area contributed by atoms with Crippen molar-refractivity contribution in [3.63, 3.8) is 0 Å². The molecule has 7 nitrogen and oxygen atoms in total. The maximum Gasteiger partial charge on any atom is 0.317 e.